The third-order valence-electron chi connectivity index (χ3n) is 2.96. The van der Waals surface area contributed by atoms with Crippen molar-refractivity contribution in [2.45, 2.75) is 19.4 Å². The number of rotatable bonds is 4. The van der Waals surface area contributed by atoms with Gasteiger partial charge < -0.3 is 5.32 Å². The van der Waals surface area contributed by atoms with Gasteiger partial charge in [0.1, 0.15) is 11.6 Å². The van der Waals surface area contributed by atoms with Gasteiger partial charge in [-0.15, -0.1) is 0 Å². The first-order valence-corrected chi connectivity index (χ1v) is 6.70. The largest absolute Gasteiger partial charge is 0.349 e. The number of pyridine rings is 1. The third kappa shape index (κ3) is 3.76. The van der Waals surface area contributed by atoms with Crippen LogP contribution in [-0.2, 0) is 6.42 Å². The number of benzene rings is 1. The van der Waals surface area contributed by atoms with E-state index in [9.17, 15) is 13.6 Å². The zero-order valence-corrected chi connectivity index (χ0v) is 12.0. The smallest absolute Gasteiger partial charge is 0.254 e. The number of nitrogens with zero attached hydrogens (tertiary/aromatic N) is 1. The zero-order valence-electron chi connectivity index (χ0n) is 11.2. The minimum Gasteiger partial charge on any atom is -0.349 e. The highest BCUT2D eigenvalue weighted by atomic mass is 35.5. The maximum atomic E-state index is 13.6. The standard InChI is InChI=1S/C15H13ClF2N2O/c1-9(7-10-13(17)3-2-4-14(10)18)20-15(21)11-8-19-6-5-12(11)16/h2-6,8-9H,7H2,1H3,(H,20,21). The van der Waals surface area contributed by atoms with Crippen LogP contribution in [0.25, 0.3) is 0 Å². The van der Waals surface area contributed by atoms with Gasteiger partial charge in [0.2, 0.25) is 0 Å². The summed E-state index contributed by atoms with van der Waals surface area (Å²) in [6.07, 6.45) is 2.85. The fraction of sp³-hybridized carbons (Fsp3) is 0.200. The number of halogens is 3. The topological polar surface area (TPSA) is 42.0 Å². The van der Waals surface area contributed by atoms with Crippen molar-refractivity contribution in [3.8, 4) is 0 Å². The third-order valence-corrected chi connectivity index (χ3v) is 3.29. The summed E-state index contributed by atoms with van der Waals surface area (Å²) in [5.74, 6) is -1.69. The summed E-state index contributed by atoms with van der Waals surface area (Å²) in [4.78, 5) is 15.8. The van der Waals surface area contributed by atoms with Crippen molar-refractivity contribution in [3.63, 3.8) is 0 Å². The summed E-state index contributed by atoms with van der Waals surface area (Å²) in [5, 5.41) is 2.91. The molecule has 110 valence electrons. The SMILES string of the molecule is CC(Cc1c(F)cccc1F)NC(=O)c1cnccc1Cl. The summed E-state index contributed by atoms with van der Waals surface area (Å²) < 4.78 is 27.1. The van der Waals surface area contributed by atoms with Crippen LogP contribution in [0.15, 0.2) is 36.7 Å². The second-order valence-electron chi connectivity index (χ2n) is 4.63. The van der Waals surface area contributed by atoms with Crippen molar-refractivity contribution >= 4 is 17.5 Å². The van der Waals surface area contributed by atoms with Crippen LogP contribution in [0.4, 0.5) is 8.78 Å². The average molecular weight is 311 g/mol. The van der Waals surface area contributed by atoms with Crippen LogP contribution in [0.3, 0.4) is 0 Å². The van der Waals surface area contributed by atoms with Crippen LogP contribution < -0.4 is 5.32 Å². The number of carbonyl (C=O) groups excluding carboxylic acids is 1. The normalized spacial score (nSPS) is 12.0. The molecule has 3 nitrogen and oxygen atoms in total. The highest BCUT2D eigenvalue weighted by Crippen LogP contribution is 2.16. The Kier molecular flexibility index (Phi) is 4.85. The van der Waals surface area contributed by atoms with Crippen molar-refractivity contribution in [1.82, 2.24) is 10.3 Å². The van der Waals surface area contributed by atoms with E-state index in [1.165, 1.54) is 36.7 Å². The number of aromatic nitrogens is 1. The molecule has 0 saturated heterocycles. The van der Waals surface area contributed by atoms with Crippen LogP contribution in [0.1, 0.15) is 22.8 Å². The molecule has 0 aliphatic rings. The molecular weight excluding hydrogens is 298 g/mol. The molecule has 1 heterocycles. The Morgan fingerprint density at radius 3 is 2.62 bits per heavy atom. The van der Waals surface area contributed by atoms with Gasteiger partial charge in [-0.2, -0.15) is 0 Å². The lowest BCUT2D eigenvalue weighted by Crippen LogP contribution is -2.34. The van der Waals surface area contributed by atoms with Crippen LogP contribution >= 0.6 is 11.6 Å². The molecule has 0 aliphatic heterocycles. The second kappa shape index (κ2) is 6.63. The number of hydrogen-bond donors (Lipinski definition) is 1. The second-order valence-corrected chi connectivity index (χ2v) is 5.04. The molecule has 0 fully saturated rings. The summed E-state index contributed by atoms with van der Waals surface area (Å²) in [5.41, 5.74) is 0.169. The van der Waals surface area contributed by atoms with E-state index in [1.807, 2.05) is 0 Å². The van der Waals surface area contributed by atoms with Crippen LogP contribution in [0.2, 0.25) is 5.02 Å². The van der Waals surface area contributed by atoms with E-state index in [0.29, 0.717) is 0 Å². The predicted molar refractivity (Wildman–Crippen MR) is 76.2 cm³/mol. The predicted octanol–water partition coefficient (Wildman–Crippen LogP) is 3.37. The van der Waals surface area contributed by atoms with E-state index in [2.05, 4.69) is 10.3 Å². The van der Waals surface area contributed by atoms with Gasteiger partial charge in [0.25, 0.3) is 5.91 Å². The molecule has 0 spiro atoms. The van der Waals surface area contributed by atoms with Crippen molar-refractivity contribution in [2.24, 2.45) is 0 Å². The van der Waals surface area contributed by atoms with Crippen molar-refractivity contribution in [2.75, 3.05) is 0 Å². The number of amides is 1. The lowest BCUT2D eigenvalue weighted by molar-refractivity contribution is 0.0939. The summed E-state index contributed by atoms with van der Waals surface area (Å²) in [6, 6.07) is 4.71. The molecule has 1 amide bonds. The Balaban J connectivity index is 2.07. The van der Waals surface area contributed by atoms with Gasteiger partial charge in [-0.3, -0.25) is 9.78 Å². The van der Waals surface area contributed by atoms with Gasteiger partial charge in [-0.1, -0.05) is 17.7 Å². The molecule has 1 unspecified atom stereocenters. The van der Waals surface area contributed by atoms with E-state index in [0.717, 1.165) is 0 Å². The molecule has 0 aliphatic carbocycles. The van der Waals surface area contributed by atoms with Gasteiger partial charge in [-0.05, 0) is 31.5 Å². The molecule has 2 rings (SSSR count). The molecule has 1 aromatic carbocycles. The molecule has 21 heavy (non-hydrogen) atoms. The van der Waals surface area contributed by atoms with Crippen molar-refractivity contribution in [3.05, 3.63) is 64.4 Å². The minimum absolute atomic E-state index is 0.0438. The van der Waals surface area contributed by atoms with Crippen LogP contribution in [0.5, 0.6) is 0 Å². The Morgan fingerprint density at radius 1 is 1.33 bits per heavy atom. The fourth-order valence-corrected chi connectivity index (χ4v) is 2.12. The van der Waals surface area contributed by atoms with Crippen LogP contribution in [-0.4, -0.2) is 16.9 Å². The molecule has 0 radical (unpaired) electrons. The maximum Gasteiger partial charge on any atom is 0.254 e. The fourth-order valence-electron chi connectivity index (χ4n) is 1.93. The molecule has 0 bridgehead atoms. The monoisotopic (exact) mass is 310 g/mol. The lowest BCUT2D eigenvalue weighted by Gasteiger charge is -2.15. The molecule has 1 aromatic heterocycles. The van der Waals surface area contributed by atoms with Gasteiger partial charge in [-0.25, -0.2) is 8.78 Å². The Bertz CT molecular complexity index is 644. The van der Waals surface area contributed by atoms with Crippen molar-refractivity contribution < 1.29 is 13.6 Å². The number of carbonyl (C=O) groups is 1. The average Bonchev–Trinajstić information content (AvgIpc) is 2.43. The Morgan fingerprint density at radius 2 is 2.00 bits per heavy atom. The lowest BCUT2D eigenvalue weighted by atomic mass is 10.1. The first-order chi connectivity index (χ1) is 9.99. The van der Waals surface area contributed by atoms with Gasteiger partial charge >= 0.3 is 0 Å². The van der Waals surface area contributed by atoms with Crippen LogP contribution in [0, 0.1) is 11.6 Å². The van der Waals surface area contributed by atoms with E-state index in [1.54, 1.807) is 6.92 Å². The molecule has 1 N–H and O–H groups in total. The summed E-state index contributed by atoms with van der Waals surface area (Å²) in [7, 11) is 0. The van der Waals surface area contributed by atoms with Crippen molar-refractivity contribution in [1.29, 1.82) is 0 Å². The van der Waals surface area contributed by atoms with E-state index < -0.39 is 23.6 Å². The zero-order chi connectivity index (χ0) is 15.4. The van der Waals surface area contributed by atoms with E-state index in [4.69, 9.17) is 11.6 Å². The number of hydrogen-bond acceptors (Lipinski definition) is 2. The van der Waals surface area contributed by atoms with E-state index in [-0.39, 0.29) is 22.6 Å². The first-order valence-electron chi connectivity index (χ1n) is 6.32. The molecular formula is C15H13ClF2N2O. The summed E-state index contributed by atoms with van der Waals surface area (Å²) >= 11 is 5.89. The van der Waals surface area contributed by atoms with Gasteiger partial charge in [0, 0.05) is 24.0 Å². The highest BCUT2D eigenvalue weighted by molar-refractivity contribution is 6.33. The van der Waals surface area contributed by atoms with E-state index >= 15 is 0 Å². The molecule has 1 atom stereocenters. The highest BCUT2D eigenvalue weighted by Gasteiger charge is 2.16. The molecule has 2 aromatic rings. The quantitative estimate of drug-likeness (QED) is 0.940. The van der Waals surface area contributed by atoms with Gasteiger partial charge in [0.15, 0.2) is 0 Å². The minimum atomic E-state index is -0.629. The Hall–Kier alpha value is -2.01. The number of nitrogens with one attached hydrogen (secondary N) is 1. The summed E-state index contributed by atoms with van der Waals surface area (Å²) in [6.45, 7) is 1.66. The van der Waals surface area contributed by atoms with Gasteiger partial charge in [0.05, 0.1) is 10.6 Å². The molecule has 6 heteroatoms. The first kappa shape index (κ1) is 15.4. The Labute approximate surface area is 126 Å². The maximum absolute atomic E-state index is 13.6. The molecule has 0 saturated carbocycles.